The third-order valence-electron chi connectivity index (χ3n) is 4.00. The molecular weight excluding hydrogens is 427 g/mol. The average Bonchev–Trinajstić information content (AvgIpc) is 2.61. The molecule has 0 heterocycles. The first-order valence-electron chi connectivity index (χ1n) is 9.05. The third kappa shape index (κ3) is 11.3. The van der Waals surface area contributed by atoms with Gasteiger partial charge in [-0.15, -0.1) is 24.0 Å². The van der Waals surface area contributed by atoms with Gasteiger partial charge in [-0.05, 0) is 51.5 Å². The van der Waals surface area contributed by atoms with Crippen molar-refractivity contribution in [2.75, 3.05) is 46.4 Å². The molecule has 144 valence electrons. The summed E-state index contributed by atoms with van der Waals surface area (Å²) in [6.45, 7) is 12.2. The summed E-state index contributed by atoms with van der Waals surface area (Å²) in [5.41, 5.74) is 1.24. The fourth-order valence-electron chi connectivity index (χ4n) is 2.40. The number of aliphatic imine (C=N–C) groups is 1. The predicted molar refractivity (Wildman–Crippen MR) is 118 cm³/mol. The van der Waals surface area contributed by atoms with E-state index >= 15 is 0 Å². The Kier molecular flexibility index (Phi) is 14.6. The summed E-state index contributed by atoms with van der Waals surface area (Å²) in [6.07, 6.45) is 2.36. The van der Waals surface area contributed by atoms with Crippen LogP contribution in [-0.2, 0) is 0 Å². The first-order chi connectivity index (χ1) is 11.7. The Morgan fingerprint density at radius 1 is 1.04 bits per heavy atom. The van der Waals surface area contributed by atoms with Crippen molar-refractivity contribution in [3.8, 4) is 5.75 Å². The van der Waals surface area contributed by atoms with Gasteiger partial charge in [0.15, 0.2) is 5.96 Å². The molecule has 1 aromatic rings. The molecule has 0 unspecified atom stereocenters. The van der Waals surface area contributed by atoms with E-state index in [1.807, 2.05) is 12.1 Å². The maximum atomic E-state index is 5.70. The van der Waals surface area contributed by atoms with Crippen LogP contribution in [0.2, 0.25) is 0 Å². The molecule has 6 heteroatoms. The van der Waals surface area contributed by atoms with Crippen molar-refractivity contribution < 1.29 is 4.74 Å². The molecule has 0 bridgehead atoms. The van der Waals surface area contributed by atoms with Gasteiger partial charge in [-0.3, -0.25) is 4.99 Å². The molecular formula is C19H35IN4O. The second-order valence-electron chi connectivity index (χ2n) is 5.82. The molecule has 25 heavy (non-hydrogen) atoms. The predicted octanol–water partition coefficient (Wildman–Crippen LogP) is 3.28. The van der Waals surface area contributed by atoms with E-state index < -0.39 is 0 Å². The molecule has 0 saturated carbocycles. The minimum absolute atomic E-state index is 0. The lowest BCUT2D eigenvalue weighted by Crippen LogP contribution is -2.39. The molecule has 1 aromatic carbocycles. The summed E-state index contributed by atoms with van der Waals surface area (Å²) in [7, 11) is 1.80. The Bertz CT molecular complexity index is 461. The van der Waals surface area contributed by atoms with Gasteiger partial charge in [0.25, 0.3) is 0 Å². The Morgan fingerprint density at radius 2 is 1.68 bits per heavy atom. The Labute approximate surface area is 170 Å². The second kappa shape index (κ2) is 15.3. The maximum Gasteiger partial charge on any atom is 0.191 e. The van der Waals surface area contributed by atoms with Crippen molar-refractivity contribution in [1.29, 1.82) is 0 Å². The van der Waals surface area contributed by atoms with Gasteiger partial charge in [0, 0.05) is 13.6 Å². The number of guanidine groups is 1. The Hall–Kier alpha value is -1.02. The molecule has 0 radical (unpaired) electrons. The number of nitrogens with one attached hydrogen (secondary N) is 2. The van der Waals surface area contributed by atoms with Crippen LogP contribution in [0.1, 0.15) is 32.3 Å². The van der Waals surface area contributed by atoms with Gasteiger partial charge < -0.3 is 20.3 Å². The summed E-state index contributed by atoms with van der Waals surface area (Å²) in [5.74, 6) is 1.74. The van der Waals surface area contributed by atoms with Crippen molar-refractivity contribution in [2.45, 2.75) is 33.6 Å². The topological polar surface area (TPSA) is 48.9 Å². The molecule has 0 saturated heterocycles. The number of nitrogens with zero attached hydrogens (tertiary/aromatic N) is 2. The van der Waals surface area contributed by atoms with Crippen molar-refractivity contribution >= 4 is 29.9 Å². The van der Waals surface area contributed by atoms with Crippen LogP contribution in [0, 0.1) is 6.92 Å². The van der Waals surface area contributed by atoms with Crippen LogP contribution in [0.4, 0.5) is 0 Å². The van der Waals surface area contributed by atoms with Gasteiger partial charge in [0.2, 0.25) is 0 Å². The molecule has 0 fully saturated rings. The van der Waals surface area contributed by atoms with Gasteiger partial charge in [0.05, 0.1) is 6.54 Å². The van der Waals surface area contributed by atoms with Crippen LogP contribution in [0.5, 0.6) is 5.75 Å². The van der Waals surface area contributed by atoms with Crippen LogP contribution in [0.3, 0.4) is 0 Å². The molecule has 0 spiro atoms. The normalized spacial score (nSPS) is 11.2. The number of aryl methyl sites for hydroxylation is 1. The van der Waals surface area contributed by atoms with Crippen LogP contribution < -0.4 is 15.4 Å². The minimum atomic E-state index is 0. The van der Waals surface area contributed by atoms with E-state index in [-0.39, 0.29) is 24.0 Å². The molecule has 0 aliphatic carbocycles. The second-order valence-corrected chi connectivity index (χ2v) is 5.82. The largest absolute Gasteiger partial charge is 0.492 e. The molecule has 0 atom stereocenters. The Morgan fingerprint density at radius 3 is 2.28 bits per heavy atom. The number of unbranched alkanes of at least 4 members (excludes halogenated alkanes) is 1. The van der Waals surface area contributed by atoms with E-state index in [9.17, 15) is 0 Å². The lowest BCUT2D eigenvalue weighted by atomic mass is 10.2. The maximum absolute atomic E-state index is 5.70. The summed E-state index contributed by atoms with van der Waals surface area (Å²) >= 11 is 0. The number of ether oxygens (including phenoxy) is 1. The number of rotatable bonds is 11. The first-order valence-corrected chi connectivity index (χ1v) is 9.05. The van der Waals surface area contributed by atoms with E-state index in [4.69, 9.17) is 4.74 Å². The summed E-state index contributed by atoms with van der Waals surface area (Å²) in [4.78, 5) is 6.69. The highest BCUT2D eigenvalue weighted by Gasteiger charge is 2.00. The standard InChI is InChI=1S/C19H34N4O.HI/c1-5-23(6-2)15-8-7-13-21-19(20-4)22-14-16-24-18-11-9-17(3)10-12-18;/h9-12H,5-8,13-16H2,1-4H3,(H2,20,21,22);1H. The highest BCUT2D eigenvalue weighted by molar-refractivity contribution is 14.0. The van der Waals surface area contributed by atoms with Gasteiger partial charge in [0.1, 0.15) is 12.4 Å². The van der Waals surface area contributed by atoms with Crippen molar-refractivity contribution in [3.63, 3.8) is 0 Å². The van der Waals surface area contributed by atoms with E-state index in [1.54, 1.807) is 7.05 Å². The zero-order valence-corrected chi connectivity index (χ0v) is 18.5. The van der Waals surface area contributed by atoms with Crippen LogP contribution in [-0.4, -0.2) is 57.2 Å². The molecule has 0 aliphatic heterocycles. The van der Waals surface area contributed by atoms with E-state index in [0.29, 0.717) is 6.61 Å². The lowest BCUT2D eigenvalue weighted by Gasteiger charge is -2.18. The van der Waals surface area contributed by atoms with E-state index in [2.05, 4.69) is 53.4 Å². The molecule has 0 amide bonds. The lowest BCUT2D eigenvalue weighted by molar-refractivity contribution is 0.297. The van der Waals surface area contributed by atoms with Gasteiger partial charge in [-0.1, -0.05) is 31.5 Å². The van der Waals surface area contributed by atoms with Gasteiger partial charge >= 0.3 is 0 Å². The molecule has 2 N–H and O–H groups in total. The summed E-state index contributed by atoms with van der Waals surface area (Å²) in [5, 5.41) is 6.63. The summed E-state index contributed by atoms with van der Waals surface area (Å²) < 4.78 is 5.70. The van der Waals surface area contributed by atoms with Gasteiger partial charge in [-0.2, -0.15) is 0 Å². The SMILES string of the molecule is CCN(CC)CCCCNC(=NC)NCCOc1ccc(C)cc1.I. The third-order valence-corrected chi connectivity index (χ3v) is 4.00. The number of benzene rings is 1. The fourth-order valence-corrected chi connectivity index (χ4v) is 2.40. The van der Waals surface area contributed by atoms with E-state index in [1.165, 1.54) is 18.5 Å². The molecule has 5 nitrogen and oxygen atoms in total. The van der Waals surface area contributed by atoms with Crippen LogP contribution in [0.25, 0.3) is 0 Å². The smallest absolute Gasteiger partial charge is 0.191 e. The summed E-state index contributed by atoms with van der Waals surface area (Å²) in [6, 6.07) is 8.11. The average molecular weight is 462 g/mol. The fraction of sp³-hybridized carbons (Fsp3) is 0.632. The van der Waals surface area contributed by atoms with Crippen molar-refractivity contribution in [2.24, 2.45) is 4.99 Å². The molecule has 0 aromatic heterocycles. The van der Waals surface area contributed by atoms with E-state index in [0.717, 1.165) is 44.3 Å². The van der Waals surface area contributed by atoms with Crippen molar-refractivity contribution in [1.82, 2.24) is 15.5 Å². The highest BCUT2D eigenvalue weighted by atomic mass is 127. The number of hydrogen-bond acceptors (Lipinski definition) is 3. The molecule has 0 aliphatic rings. The first kappa shape index (κ1) is 24.0. The number of hydrogen-bond donors (Lipinski definition) is 2. The van der Waals surface area contributed by atoms with Gasteiger partial charge in [-0.25, -0.2) is 0 Å². The van der Waals surface area contributed by atoms with Crippen molar-refractivity contribution in [3.05, 3.63) is 29.8 Å². The zero-order chi connectivity index (χ0) is 17.6. The highest BCUT2D eigenvalue weighted by Crippen LogP contribution is 2.10. The number of halogens is 1. The van der Waals surface area contributed by atoms with Crippen LogP contribution in [0.15, 0.2) is 29.3 Å². The molecule has 1 rings (SSSR count). The zero-order valence-electron chi connectivity index (χ0n) is 16.2. The monoisotopic (exact) mass is 462 g/mol. The quantitative estimate of drug-likeness (QED) is 0.229. The minimum Gasteiger partial charge on any atom is -0.492 e. The Balaban J connectivity index is 0.00000576. The van der Waals surface area contributed by atoms with Crippen LogP contribution >= 0.6 is 24.0 Å².